The summed E-state index contributed by atoms with van der Waals surface area (Å²) in [4.78, 5) is 28.2. The van der Waals surface area contributed by atoms with Crippen LogP contribution in [0.15, 0.2) is 5.38 Å². The molecule has 0 radical (unpaired) electrons. The SMILES string of the molecule is CCC(=O)Oc1csc(N2CCCC2=O)n1. The fraction of sp³-hybridized carbons (Fsp3) is 0.500. The van der Waals surface area contributed by atoms with Crippen molar-refractivity contribution < 1.29 is 14.3 Å². The van der Waals surface area contributed by atoms with E-state index in [0.717, 1.165) is 6.42 Å². The van der Waals surface area contributed by atoms with Crippen LogP contribution in [-0.2, 0) is 9.59 Å². The van der Waals surface area contributed by atoms with Gasteiger partial charge in [0.2, 0.25) is 11.8 Å². The largest absolute Gasteiger partial charge is 0.406 e. The molecular formula is C10H12N2O3S. The molecule has 2 rings (SSSR count). The summed E-state index contributed by atoms with van der Waals surface area (Å²) in [6.07, 6.45) is 1.75. The number of esters is 1. The summed E-state index contributed by atoms with van der Waals surface area (Å²) in [5.74, 6) is 0.0545. The minimum Gasteiger partial charge on any atom is -0.406 e. The predicted molar refractivity (Wildman–Crippen MR) is 59.6 cm³/mol. The molecule has 0 atom stereocenters. The summed E-state index contributed by atoms with van der Waals surface area (Å²) in [6.45, 7) is 2.42. The molecule has 16 heavy (non-hydrogen) atoms. The van der Waals surface area contributed by atoms with E-state index in [4.69, 9.17) is 4.74 Å². The van der Waals surface area contributed by atoms with E-state index in [9.17, 15) is 9.59 Å². The van der Waals surface area contributed by atoms with E-state index < -0.39 is 0 Å². The van der Waals surface area contributed by atoms with Crippen LogP contribution in [0.5, 0.6) is 5.88 Å². The van der Waals surface area contributed by atoms with E-state index in [1.165, 1.54) is 11.3 Å². The predicted octanol–water partition coefficient (Wildman–Crippen LogP) is 1.59. The zero-order valence-electron chi connectivity index (χ0n) is 8.93. The second kappa shape index (κ2) is 4.61. The van der Waals surface area contributed by atoms with Crippen molar-refractivity contribution in [1.29, 1.82) is 0 Å². The normalized spacial score (nSPS) is 15.6. The molecule has 2 heterocycles. The maximum absolute atomic E-state index is 11.4. The Morgan fingerprint density at radius 3 is 3.12 bits per heavy atom. The van der Waals surface area contributed by atoms with Gasteiger partial charge in [-0.3, -0.25) is 14.5 Å². The molecule has 0 aliphatic carbocycles. The smallest absolute Gasteiger partial charge is 0.312 e. The maximum Gasteiger partial charge on any atom is 0.312 e. The zero-order valence-corrected chi connectivity index (χ0v) is 9.75. The lowest BCUT2D eigenvalue weighted by Gasteiger charge is -2.09. The third kappa shape index (κ3) is 2.21. The van der Waals surface area contributed by atoms with Crippen LogP contribution in [-0.4, -0.2) is 23.4 Å². The molecule has 1 amide bonds. The Morgan fingerprint density at radius 2 is 2.50 bits per heavy atom. The van der Waals surface area contributed by atoms with Crippen LogP contribution in [0.4, 0.5) is 5.13 Å². The summed E-state index contributed by atoms with van der Waals surface area (Å²) in [6, 6.07) is 0. The van der Waals surface area contributed by atoms with Crippen LogP contribution in [0.3, 0.4) is 0 Å². The van der Waals surface area contributed by atoms with Crippen molar-refractivity contribution in [3.05, 3.63) is 5.38 Å². The average Bonchev–Trinajstić information content (AvgIpc) is 2.86. The lowest BCUT2D eigenvalue weighted by atomic mass is 10.4. The first-order valence-electron chi connectivity index (χ1n) is 5.17. The van der Waals surface area contributed by atoms with Crippen LogP contribution in [0.25, 0.3) is 0 Å². The van der Waals surface area contributed by atoms with Crippen LogP contribution in [0, 0.1) is 0 Å². The van der Waals surface area contributed by atoms with Gasteiger partial charge < -0.3 is 4.74 Å². The van der Waals surface area contributed by atoms with Crippen molar-refractivity contribution >= 4 is 28.3 Å². The Morgan fingerprint density at radius 1 is 1.69 bits per heavy atom. The average molecular weight is 240 g/mol. The molecule has 1 aliphatic heterocycles. The van der Waals surface area contributed by atoms with Crippen molar-refractivity contribution in [3.63, 3.8) is 0 Å². The van der Waals surface area contributed by atoms with E-state index in [1.807, 2.05) is 0 Å². The molecule has 1 fully saturated rings. The first-order valence-corrected chi connectivity index (χ1v) is 6.05. The van der Waals surface area contributed by atoms with Gasteiger partial charge in [-0.15, -0.1) is 11.3 Å². The number of aromatic nitrogens is 1. The molecule has 0 N–H and O–H groups in total. The maximum atomic E-state index is 11.4. The van der Waals surface area contributed by atoms with Crippen molar-refractivity contribution in [1.82, 2.24) is 4.98 Å². The highest BCUT2D eigenvalue weighted by molar-refractivity contribution is 7.14. The van der Waals surface area contributed by atoms with E-state index in [0.29, 0.717) is 24.5 Å². The second-order valence-electron chi connectivity index (χ2n) is 3.44. The topological polar surface area (TPSA) is 59.5 Å². The zero-order chi connectivity index (χ0) is 11.5. The molecule has 6 heteroatoms. The van der Waals surface area contributed by atoms with Crippen molar-refractivity contribution in [2.75, 3.05) is 11.4 Å². The number of carbonyl (C=O) groups excluding carboxylic acids is 2. The molecular weight excluding hydrogens is 228 g/mol. The molecule has 1 aromatic heterocycles. The van der Waals surface area contributed by atoms with Crippen LogP contribution >= 0.6 is 11.3 Å². The number of nitrogens with zero attached hydrogens (tertiary/aromatic N) is 2. The Hall–Kier alpha value is -1.43. The van der Waals surface area contributed by atoms with Gasteiger partial charge in [-0.05, 0) is 6.42 Å². The molecule has 1 saturated heterocycles. The van der Waals surface area contributed by atoms with Crippen molar-refractivity contribution in [3.8, 4) is 5.88 Å². The fourth-order valence-corrected chi connectivity index (χ4v) is 2.23. The summed E-state index contributed by atoms with van der Waals surface area (Å²) in [5, 5.41) is 2.26. The van der Waals surface area contributed by atoms with Gasteiger partial charge in [-0.1, -0.05) is 6.92 Å². The first-order chi connectivity index (χ1) is 7.70. The van der Waals surface area contributed by atoms with Gasteiger partial charge in [0.1, 0.15) is 0 Å². The molecule has 0 aromatic carbocycles. The molecule has 1 aliphatic rings. The number of carbonyl (C=O) groups is 2. The quantitative estimate of drug-likeness (QED) is 0.753. The monoisotopic (exact) mass is 240 g/mol. The third-order valence-electron chi connectivity index (χ3n) is 2.28. The molecule has 0 saturated carbocycles. The number of rotatable bonds is 3. The fourth-order valence-electron chi connectivity index (χ4n) is 1.46. The van der Waals surface area contributed by atoms with Crippen molar-refractivity contribution in [2.45, 2.75) is 26.2 Å². The van der Waals surface area contributed by atoms with Crippen LogP contribution in [0.1, 0.15) is 26.2 Å². The number of hydrogen-bond donors (Lipinski definition) is 0. The molecule has 0 bridgehead atoms. The molecule has 5 nitrogen and oxygen atoms in total. The summed E-state index contributed by atoms with van der Waals surface area (Å²) >= 11 is 1.32. The van der Waals surface area contributed by atoms with Gasteiger partial charge in [0, 0.05) is 19.4 Å². The van der Waals surface area contributed by atoms with Gasteiger partial charge >= 0.3 is 5.97 Å². The third-order valence-corrected chi connectivity index (χ3v) is 3.12. The highest BCUT2D eigenvalue weighted by Crippen LogP contribution is 2.28. The van der Waals surface area contributed by atoms with E-state index in [-0.39, 0.29) is 17.8 Å². The molecule has 0 unspecified atom stereocenters. The Bertz CT molecular complexity index is 416. The van der Waals surface area contributed by atoms with Crippen LogP contribution in [0.2, 0.25) is 0 Å². The van der Waals surface area contributed by atoms with Gasteiger partial charge in [-0.2, -0.15) is 4.98 Å². The minimum atomic E-state index is -0.315. The number of thiazole rings is 1. The second-order valence-corrected chi connectivity index (χ2v) is 4.28. The van der Waals surface area contributed by atoms with Gasteiger partial charge in [0.15, 0.2) is 5.13 Å². The number of anilines is 1. The van der Waals surface area contributed by atoms with E-state index in [1.54, 1.807) is 17.2 Å². The number of ether oxygens (including phenoxy) is 1. The Kier molecular flexibility index (Phi) is 3.19. The highest BCUT2D eigenvalue weighted by atomic mass is 32.1. The summed E-state index contributed by atoms with van der Waals surface area (Å²) in [7, 11) is 0. The van der Waals surface area contributed by atoms with Crippen LogP contribution < -0.4 is 9.64 Å². The van der Waals surface area contributed by atoms with Crippen molar-refractivity contribution in [2.24, 2.45) is 0 Å². The molecule has 0 spiro atoms. The van der Waals surface area contributed by atoms with E-state index in [2.05, 4.69) is 4.98 Å². The van der Waals surface area contributed by atoms with Gasteiger partial charge in [-0.25, -0.2) is 0 Å². The highest BCUT2D eigenvalue weighted by Gasteiger charge is 2.24. The first kappa shape index (κ1) is 11.1. The summed E-state index contributed by atoms with van der Waals surface area (Å²) in [5.41, 5.74) is 0. The lowest BCUT2D eigenvalue weighted by molar-refractivity contribution is -0.134. The minimum absolute atomic E-state index is 0.0859. The lowest BCUT2D eigenvalue weighted by Crippen LogP contribution is -2.23. The Labute approximate surface area is 97.0 Å². The standard InChI is InChI=1S/C10H12N2O3S/c1-2-9(14)15-7-6-16-10(11-7)12-5-3-4-8(12)13/h6H,2-5H2,1H3. The molecule has 1 aromatic rings. The molecule has 86 valence electrons. The van der Waals surface area contributed by atoms with Gasteiger partial charge in [0.05, 0.1) is 5.38 Å². The number of amides is 1. The summed E-state index contributed by atoms with van der Waals surface area (Å²) < 4.78 is 4.96. The number of hydrogen-bond acceptors (Lipinski definition) is 5. The Balaban J connectivity index is 2.07. The van der Waals surface area contributed by atoms with E-state index >= 15 is 0 Å². The van der Waals surface area contributed by atoms with Gasteiger partial charge in [0.25, 0.3) is 0 Å².